The first-order valence-electron chi connectivity index (χ1n) is 11.8. The Morgan fingerprint density at radius 3 is 2.47 bits per heavy atom. The third-order valence-electron chi connectivity index (χ3n) is 6.89. The quantitative estimate of drug-likeness (QED) is 0.467. The summed E-state index contributed by atoms with van der Waals surface area (Å²) in [5.74, 6) is 0.910. The van der Waals surface area contributed by atoms with Crippen molar-refractivity contribution in [2.24, 2.45) is 5.92 Å². The second-order valence-electron chi connectivity index (χ2n) is 9.23. The first-order valence-corrected chi connectivity index (χ1v) is 11.8. The monoisotopic (exact) mass is 430 g/mol. The van der Waals surface area contributed by atoms with Gasteiger partial charge in [0.25, 0.3) is 0 Å². The molecule has 1 unspecified atom stereocenters. The SMILES string of the molecule is CC(Oc1cccc(-c2cccc(-n3ncc(C(=O)O)c3C3CC3)c2)c1)C1CCCCC1. The molecule has 1 atom stereocenters. The average molecular weight is 431 g/mol. The van der Waals surface area contributed by atoms with Crippen molar-refractivity contribution in [3.05, 3.63) is 66.0 Å². The number of benzene rings is 2. The Hall–Kier alpha value is -3.08. The van der Waals surface area contributed by atoms with E-state index >= 15 is 0 Å². The molecule has 0 aliphatic heterocycles. The molecule has 3 aromatic rings. The number of hydrogen-bond donors (Lipinski definition) is 1. The van der Waals surface area contributed by atoms with Crippen LogP contribution in [0.2, 0.25) is 0 Å². The minimum Gasteiger partial charge on any atom is -0.490 e. The third-order valence-corrected chi connectivity index (χ3v) is 6.89. The molecule has 0 bridgehead atoms. The number of aromatic carboxylic acids is 1. The van der Waals surface area contributed by atoms with Gasteiger partial charge in [-0.15, -0.1) is 0 Å². The lowest BCUT2D eigenvalue weighted by Crippen LogP contribution is -2.25. The molecule has 0 saturated heterocycles. The van der Waals surface area contributed by atoms with Gasteiger partial charge in [0.1, 0.15) is 11.3 Å². The van der Waals surface area contributed by atoms with Gasteiger partial charge in [0, 0.05) is 5.92 Å². The van der Waals surface area contributed by atoms with Gasteiger partial charge < -0.3 is 9.84 Å². The van der Waals surface area contributed by atoms with Crippen molar-refractivity contribution in [1.82, 2.24) is 9.78 Å². The molecule has 5 nitrogen and oxygen atoms in total. The molecule has 1 aromatic heterocycles. The predicted octanol–water partition coefficient (Wildman–Crippen LogP) is 6.46. The normalized spacial score (nSPS) is 17.8. The van der Waals surface area contributed by atoms with Gasteiger partial charge in [-0.3, -0.25) is 0 Å². The van der Waals surface area contributed by atoms with Gasteiger partial charge in [0.05, 0.1) is 23.7 Å². The molecule has 2 saturated carbocycles. The second kappa shape index (κ2) is 8.81. The standard InChI is InChI=1S/C27H30N2O3/c1-18(19-7-3-2-4-8-19)32-24-12-6-10-22(16-24)21-9-5-11-23(15-21)29-26(20-13-14-20)25(17-28-29)27(30)31/h5-6,9-12,15-20H,2-4,7-8,13-14H2,1H3,(H,30,31). The summed E-state index contributed by atoms with van der Waals surface area (Å²) >= 11 is 0. The zero-order valence-electron chi connectivity index (χ0n) is 18.5. The van der Waals surface area contributed by atoms with Crippen LogP contribution in [0.3, 0.4) is 0 Å². The summed E-state index contributed by atoms with van der Waals surface area (Å²) in [6.07, 6.45) is 10.2. The summed E-state index contributed by atoms with van der Waals surface area (Å²) in [6.45, 7) is 2.19. The molecule has 2 fully saturated rings. The topological polar surface area (TPSA) is 64.4 Å². The molecule has 2 aliphatic carbocycles. The van der Waals surface area contributed by atoms with E-state index in [0.29, 0.717) is 11.5 Å². The lowest BCUT2D eigenvalue weighted by atomic mass is 9.86. The third kappa shape index (κ3) is 4.29. The van der Waals surface area contributed by atoms with Gasteiger partial charge in [-0.05, 0) is 73.9 Å². The van der Waals surface area contributed by atoms with Crippen molar-refractivity contribution >= 4 is 5.97 Å². The Kier molecular flexibility index (Phi) is 5.73. The summed E-state index contributed by atoms with van der Waals surface area (Å²) in [5.41, 5.74) is 4.16. The molecule has 1 heterocycles. The average Bonchev–Trinajstić information content (AvgIpc) is 3.57. The van der Waals surface area contributed by atoms with Gasteiger partial charge in [-0.1, -0.05) is 43.5 Å². The molecule has 0 spiro atoms. The zero-order chi connectivity index (χ0) is 22.1. The van der Waals surface area contributed by atoms with Gasteiger partial charge in [-0.2, -0.15) is 5.10 Å². The number of carboxylic acid groups (broad SMARTS) is 1. The molecule has 2 aliphatic rings. The Morgan fingerprint density at radius 1 is 1.03 bits per heavy atom. The van der Waals surface area contributed by atoms with Gasteiger partial charge in [0.15, 0.2) is 0 Å². The molecular weight excluding hydrogens is 400 g/mol. The number of carboxylic acids is 1. The highest BCUT2D eigenvalue weighted by Crippen LogP contribution is 2.42. The fraction of sp³-hybridized carbons (Fsp3) is 0.407. The van der Waals surface area contributed by atoms with Crippen molar-refractivity contribution in [2.75, 3.05) is 0 Å². The van der Waals surface area contributed by atoms with Crippen molar-refractivity contribution in [3.63, 3.8) is 0 Å². The first kappa shape index (κ1) is 20.8. The van der Waals surface area contributed by atoms with Crippen LogP contribution in [0.25, 0.3) is 16.8 Å². The summed E-state index contributed by atoms with van der Waals surface area (Å²) in [7, 11) is 0. The van der Waals surface area contributed by atoms with Crippen LogP contribution >= 0.6 is 0 Å². The molecule has 2 aromatic carbocycles. The van der Waals surface area contributed by atoms with E-state index in [-0.39, 0.29) is 12.0 Å². The number of aromatic nitrogens is 2. The van der Waals surface area contributed by atoms with E-state index in [1.54, 1.807) is 4.68 Å². The minimum absolute atomic E-state index is 0.219. The maximum Gasteiger partial charge on any atom is 0.339 e. The number of rotatable bonds is 7. The molecule has 5 rings (SSSR count). The fourth-order valence-electron chi connectivity index (χ4n) is 4.96. The van der Waals surface area contributed by atoms with Crippen LogP contribution in [0.4, 0.5) is 0 Å². The Bertz CT molecular complexity index is 1110. The van der Waals surface area contributed by atoms with Gasteiger partial charge >= 0.3 is 5.97 Å². The van der Waals surface area contributed by atoms with Crippen LogP contribution in [-0.2, 0) is 0 Å². The molecule has 32 heavy (non-hydrogen) atoms. The van der Waals surface area contributed by atoms with E-state index in [4.69, 9.17) is 4.74 Å². The van der Waals surface area contributed by atoms with Crippen LogP contribution in [0.5, 0.6) is 5.75 Å². The lowest BCUT2D eigenvalue weighted by molar-refractivity contribution is 0.0695. The molecule has 166 valence electrons. The largest absolute Gasteiger partial charge is 0.490 e. The molecule has 0 radical (unpaired) electrons. The van der Waals surface area contributed by atoms with E-state index in [1.165, 1.54) is 38.3 Å². The van der Waals surface area contributed by atoms with Crippen LogP contribution in [0.1, 0.15) is 73.8 Å². The maximum absolute atomic E-state index is 11.7. The predicted molar refractivity (Wildman–Crippen MR) is 125 cm³/mol. The number of carbonyl (C=O) groups is 1. The number of hydrogen-bond acceptors (Lipinski definition) is 3. The van der Waals surface area contributed by atoms with E-state index < -0.39 is 5.97 Å². The maximum atomic E-state index is 11.7. The van der Waals surface area contributed by atoms with Gasteiger partial charge in [-0.25, -0.2) is 9.48 Å². The number of nitrogens with zero attached hydrogens (tertiary/aromatic N) is 2. The summed E-state index contributed by atoms with van der Waals surface area (Å²) in [6, 6.07) is 16.4. The lowest BCUT2D eigenvalue weighted by Gasteiger charge is -2.28. The Morgan fingerprint density at radius 2 is 1.75 bits per heavy atom. The second-order valence-corrected chi connectivity index (χ2v) is 9.23. The first-order chi connectivity index (χ1) is 15.6. The highest BCUT2D eigenvalue weighted by Gasteiger charge is 2.33. The summed E-state index contributed by atoms with van der Waals surface area (Å²) in [4.78, 5) is 11.7. The highest BCUT2D eigenvalue weighted by atomic mass is 16.5. The van der Waals surface area contributed by atoms with E-state index in [2.05, 4.69) is 36.3 Å². The number of ether oxygens (including phenoxy) is 1. The van der Waals surface area contributed by atoms with E-state index in [1.807, 2.05) is 24.3 Å². The summed E-state index contributed by atoms with van der Waals surface area (Å²) < 4.78 is 8.14. The van der Waals surface area contributed by atoms with E-state index in [9.17, 15) is 9.90 Å². The van der Waals surface area contributed by atoms with Crippen molar-refractivity contribution in [3.8, 4) is 22.6 Å². The van der Waals surface area contributed by atoms with Crippen LogP contribution in [0.15, 0.2) is 54.7 Å². The van der Waals surface area contributed by atoms with Gasteiger partial charge in [0.2, 0.25) is 0 Å². The van der Waals surface area contributed by atoms with Crippen molar-refractivity contribution in [1.29, 1.82) is 0 Å². The Labute approximate surface area is 189 Å². The van der Waals surface area contributed by atoms with E-state index in [0.717, 1.165) is 41.1 Å². The smallest absolute Gasteiger partial charge is 0.339 e. The highest BCUT2D eigenvalue weighted by molar-refractivity contribution is 5.89. The van der Waals surface area contributed by atoms with Crippen molar-refractivity contribution < 1.29 is 14.6 Å². The molecule has 5 heteroatoms. The molecule has 0 amide bonds. The minimum atomic E-state index is -0.911. The summed E-state index contributed by atoms with van der Waals surface area (Å²) in [5, 5.41) is 14.0. The van der Waals surface area contributed by atoms with Crippen LogP contribution in [0, 0.1) is 5.92 Å². The zero-order valence-corrected chi connectivity index (χ0v) is 18.5. The molecule has 1 N–H and O–H groups in total. The fourth-order valence-corrected chi connectivity index (χ4v) is 4.96. The van der Waals surface area contributed by atoms with Crippen LogP contribution in [-0.4, -0.2) is 27.0 Å². The molecular formula is C27H30N2O3. The van der Waals surface area contributed by atoms with Crippen LogP contribution < -0.4 is 4.74 Å². The van der Waals surface area contributed by atoms with Crippen molar-refractivity contribution in [2.45, 2.75) is 63.9 Å². The Balaban J connectivity index is 1.41.